The van der Waals surface area contributed by atoms with E-state index in [0.717, 1.165) is 11.3 Å². The minimum Gasteiger partial charge on any atom is -0.484 e. The molecule has 2 aromatic carbocycles. The molecule has 0 fully saturated rings. The van der Waals surface area contributed by atoms with Gasteiger partial charge in [-0.25, -0.2) is 0 Å². The Morgan fingerprint density at radius 2 is 1.86 bits per heavy atom. The van der Waals surface area contributed by atoms with Crippen LogP contribution < -0.4 is 9.64 Å². The molecule has 3 rings (SSSR count). The van der Waals surface area contributed by atoms with Crippen LogP contribution in [0.4, 0.5) is 5.69 Å². The molecule has 1 N–H and O–H groups in total. The van der Waals surface area contributed by atoms with Crippen molar-refractivity contribution in [3.8, 4) is 5.75 Å². The van der Waals surface area contributed by atoms with Crippen molar-refractivity contribution in [2.45, 2.75) is 12.5 Å². The summed E-state index contributed by atoms with van der Waals surface area (Å²) in [5, 5.41) is 10.00. The Hall–Kier alpha value is -2.33. The van der Waals surface area contributed by atoms with E-state index in [1.165, 1.54) is 0 Å². The summed E-state index contributed by atoms with van der Waals surface area (Å²) >= 11 is 0. The predicted octanol–water partition coefficient (Wildman–Crippen LogP) is 2.54. The molecule has 2 aromatic rings. The number of anilines is 1. The van der Waals surface area contributed by atoms with Crippen LogP contribution in [0, 0.1) is 0 Å². The molecule has 0 saturated carbocycles. The first-order valence-electron chi connectivity index (χ1n) is 7.01. The first-order valence-corrected chi connectivity index (χ1v) is 7.01. The van der Waals surface area contributed by atoms with Crippen molar-refractivity contribution in [1.82, 2.24) is 0 Å². The van der Waals surface area contributed by atoms with Crippen LogP contribution in [0.1, 0.15) is 18.1 Å². The molecule has 0 aliphatic carbocycles. The second-order valence-electron chi connectivity index (χ2n) is 5.01. The average molecular weight is 283 g/mol. The van der Waals surface area contributed by atoms with Gasteiger partial charge in [0, 0.05) is 17.8 Å². The van der Waals surface area contributed by atoms with Gasteiger partial charge >= 0.3 is 0 Å². The number of ether oxygens (including phenoxy) is 1. The number of aliphatic hydroxyl groups is 1. The van der Waals surface area contributed by atoms with E-state index in [0.29, 0.717) is 18.7 Å². The highest BCUT2D eigenvalue weighted by atomic mass is 16.5. The van der Waals surface area contributed by atoms with Gasteiger partial charge in [0.05, 0.1) is 6.10 Å². The highest BCUT2D eigenvalue weighted by Gasteiger charge is 2.27. The number of carbonyl (C=O) groups excluding carboxylic acids is 1. The van der Waals surface area contributed by atoms with Gasteiger partial charge in [0.2, 0.25) is 0 Å². The molecule has 4 heteroatoms. The number of fused-ring (bicyclic) bond motifs is 1. The van der Waals surface area contributed by atoms with Crippen LogP contribution in [0.5, 0.6) is 5.75 Å². The zero-order chi connectivity index (χ0) is 14.7. The number of aliphatic hydroxyl groups excluding tert-OH is 1. The molecule has 1 heterocycles. The van der Waals surface area contributed by atoms with Gasteiger partial charge in [-0.1, -0.05) is 36.4 Å². The van der Waals surface area contributed by atoms with E-state index in [4.69, 9.17) is 4.74 Å². The minimum atomic E-state index is -0.500. The van der Waals surface area contributed by atoms with Gasteiger partial charge in [0.1, 0.15) is 5.75 Å². The lowest BCUT2D eigenvalue weighted by Crippen LogP contribution is -2.39. The molecule has 108 valence electrons. The predicted molar refractivity (Wildman–Crippen MR) is 80.3 cm³/mol. The molecule has 1 atom stereocenters. The third kappa shape index (κ3) is 2.90. The number of rotatable bonds is 3. The summed E-state index contributed by atoms with van der Waals surface area (Å²) < 4.78 is 5.51. The van der Waals surface area contributed by atoms with E-state index in [2.05, 4.69) is 0 Å². The largest absolute Gasteiger partial charge is 0.484 e. The summed E-state index contributed by atoms with van der Waals surface area (Å²) in [6.07, 6.45) is 0.0500. The van der Waals surface area contributed by atoms with E-state index in [9.17, 15) is 9.90 Å². The number of benzene rings is 2. The monoisotopic (exact) mass is 283 g/mol. The number of para-hydroxylation sites is 2. The number of hydrogen-bond acceptors (Lipinski definition) is 3. The van der Waals surface area contributed by atoms with Crippen LogP contribution in [0.3, 0.4) is 0 Å². The molecule has 1 amide bonds. The van der Waals surface area contributed by atoms with Gasteiger partial charge in [-0.15, -0.1) is 0 Å². The quantitative estimate of drug-likeness (QED) is 0.941. The lowest BCUT2D eigenvalue weighted by atomic mass is 9.99. The van der Waals surface area contributed by atoms with Crippen LogP contribution >= 0.6 is 0 Å². The zero-order valence-electron chi connectivity index (χ0n) is 11.6. The number of hydrogen-bond donors (Lipinski definition) is 1. The van der Waals surface area contributed by atoms with E-state index in [1.807, 2.05) is 54.6 Å². The summed E-state index contributed by atoms with van der Waals surface area (Å²) in [5.41, 5.74) is 1.58. The Bertz CT molecular complexity index is 627. The van der Waals surface area contributed by atoms with Crippen LogP contribution in [0.2, 0.25) is 0 Å². The topological polar surface area (TPSA) is 49.8 Å². The molecule has 0 saturated heterocycles. The highest BCUT2D eigenvalue weighted by molar-refractivity contribution is 5.95. The lowest BCUT2D eigenvalue weighted by molar-refractivity contribution is -0.120. The van der Waals surface area contributed by atoms with Gasteiger partial charge < -0.3 is 14.7 Å². The third-order valence-electron chi connectivity index (χ3n) is 3.62. The fourth-order valence-corrected chi connectivity index (χ4v) is 2.54. The molecular formula is C17H17NO3. The number of nitrogens with zero attached hydrogens (tertiary/aromatic N) is 1. The number of amides is 1. The Morgan fingerprint density at radius 1 is 1.14 bits per heavy atom. The smallest absolute Gasteiger partial charge is 0.264 e. The van der Waals surface area contributed by atoms with Gasteiger partial charge in [0.25, 0.3) is 5.91 Å². The summed E-state index contributed by atoms with van der Waals surface area (Å²) in [5.74, 6) is 0.578. The Morgan fingerprint density at radius 3 is 2.67 bits per heavy atom. The van der Waals surface area contributed by atoms with Crippen molar-refractivity contribution in [3.63, 3.8) is 0 Å². The molecule has 1 aliphatic heterocycles. The van der Waals surface area contributed by atoms with Gasteiger partial charge in [-0.3, -0.25) is 4.79 Å². The second-order valence-corrected chi connectivity index (χ2v) is 5.01. The molecule has 0 bridgehead atoms. The SMILES string of the molecule is O=C(COc1ccccc1)N1CCC(O)c2ccccc21. The molecule has 1 aliphatic rings. The third-order valence-corrected chi connectivity index (χ3v) is 3.62. The summed E-state index contributed by atoms with van der Waals surface area (Å²) in [6.45, 7) is 0.504. The molecule has 0 radical (unpaired) electrons. The van der Waals surface area contributed by atoms with Gasteiger partial charge in [0.15, 0.2) is 6.61 Å². The van der Waals surface area contributed by atoms with Gasteiger partial charge in [-0.2, -0.15) is 0 Å². The Balaban J connectivity index is 1.72. The first kappa shape index (κ1) is 13.6. The maximum Gasteiger partial charge on any atom is 0.264 e. The van der Waals surface area contributed by atoms with Crippen molar-refractivity contribution >= 4 is 11.6 Å². The highest BCUT2D eigenvalue weighted by Crippen LogP contribution is 2.33. The molecular weight excluding hydrogens is 266 g/mol. The van der Waals surface area contributed by atoms with Crippen LogP contribution in [-0.2, 0) is 4.79 Å². The maximum atomic E-state index is 12.4. The molecule has 1 unspecified atom stereocenters. The van der Waals surface area contributed by atoms with Crippen molar-refractivity contribution in [2.24, 2.45) is 0 Å². The maximum absolute atomic E-state index is 12.4. The Kier molecular flexibility index (Phi) is 3.88. The van der Waals surface area contributed by atoms with E-state index in [1.54, 1.807) is 4.90 Å². The van der Waals surface area contributed by atoms with Crippen LogP contribution in [0.25, 0.3) is 0 Å². The zero-order valence-corrected chi connectivity index (χ0v) is 11.6. The second kappa shape index (κ2) is 5.97. The Labute approximate surface area is 123 Å². The van der Waals surface area contributed by atoms with E-state index in [-0.39, 0.29) is 12.5 Å². The lowest BCUT2D eigenvalue weighted by Gasteiger charge is -2.32. The fourth-order valence-electron chi connectivity index (χ4n) is 2.54. The van der Waals surface area contributed by atoms with Crippen LogP contribution in [0.15, 0.2) is 54.6 Å². The molecule has 21 heavy (non-hydrogen) atoms. The van der Waals surface area contributed by atoms with E-state index >= 15 is 0 Å². The normalized spacial score (nSPS) is 17.2. The fraction of sp³-hybridized carbons (Fsp3) is 0.235. The van der Waals surface area contributed by atoms with Crippen molar-refractivity contribution in [3.05, 3.63) is 60.2 Å². The van der Waals surface area contributed by atoms with Gasteiger partial charge in [-0.05, 0) is 24.6 Å². The minimum absolute atomic E-state index is 0.00551. The summed E-state index contributed by atoms with van der Waals surface area (Å²) in [7, 11) is 0. The standard InChI is InChI=1S/C17H17NO3/c19-16-10-11-18(15-9-5-4-8-14(15)16)17(20)12-21-13-6-2-1-3-7-13/h1-9,16,19H,10-12H2. The molecule has 0 aromatic heterocycles. The summed E-state index contributed by atoms with van der Waals surface area (Å²) in [4.78, 5) is 14.0. The summed E-state index contributed by atoms with van der Waals surface area (Å²) in [6, 6.07) is 16.7. The van der Waals surface area contributed by atoms with Crippen molar-refractivity contribution in [1.29, 1.82) is 0 Å². The van der Waals surface area contributed by atoms with Crippen molar-refractivity contribution in [2.75, 3.05) is 18.1 Å². The van der Waals surface area contributed by atoms with Crippen LogP contribution in [-0.4, -0.2) is 24.2 Å². The molecule has 0 spiro atoms. The molecule has 4 nitrogen and oxygen atoms in total. The van der Waals surface area contributed by atoms with E-state index < -0.39 is 6.10 Å². The average Bonchev–Trinajstić information content (AvgIpc) is 2.54. The van der Waals surface area contributed by atoms with Crippen molar-refractivity contribution < 1.29 is 14.6 Å². The first-order chi connectivity index (χ1) is 10.3. The number of carbonyl (C=O) groups is 1.